The van der Waals surface area contributed by atoms with Crippen LogP contribution in [0.15, 0.2) is 48.5 Å². The lowest BCUT2D eigenvalue weighted by atomic mass is 10.1. The molecule has 2 N–H and O–H groups in total. The summed E-state index contributed by atoms with van der Waals surface area (Å²) in [5.41, 5.74) is 1.77. The molecule has 5 heteroatoms. The summed E-state index contributed by atoms with van der Waals surface area (Å²) in [4.78, 5) is 12.0. The smallest absolute Gasteiger partial charge is 0.319 e. The molecule has 0 aliphatic rings. The van der Waals surface area contributed by atoms with E-state index >= 15 is 0 Å². The van der Waals surface area contributed by atoms with Gasteiger partial charge < -0.3 is 20.1 Å². The quantitative estimate of drug-likeness (QED) is 0.823. The monoisotopic (exact) mass is 314 g/mol. The van der Waals surface area contributed by atoms with Gasteiger partial charge in [-0.05, 0) is 43.2 Å². The summed E-state index contributed by atoms with van der Waals surface area (Å²) in [6, 6.07) is 14.9. The number of anilines is 1. The van der Waals surface area contributed by atoms with E-state index in [4.69, 9.17) is 9.47 Å². The molecular formula is C18H22N2O3. The minimum Gasteiger partial charge on any atom is -0.497 e. The number of methoxy groups -OCH3 is 1. The maximum Gasteiger partial charge on any atom is 0.319 e. The highest BCUT2D eigenvalue weighted by molar-refractivity contribution is 5.90. The molecule has 0 heterocycles. The maximum absolute atomic E-state index is 12.0. The van der Waals surface area contributed by atoms with Gasteiger partial charge in [-0.25, -0.2) is 4.79 Å². The van der Waals surface area contributed by atoms with Crippen molar-refractivity contribution >= 4 is 11.7 Å². The first-order valence-electron chi connectivity index (χ1n) is 7.62. The van der Waals surface area contributed by atoms with Crippen LogP contribution in [0.25, 0.3) is 0 Å². The number of nitrogens with one attached hydrogen (secondary N) is 2. The summed E-state index contributed by atoms with van der Waals surface area (Å²) < 4.78 is 10.7. The first-order chi connectivity index (χ1) is 11.2. The molecule has 23 heavy (non-hydrogen) atoms. The minimum atomic E-state index is -0.250. The van der Waals surface area contributed by atoms with E-state index in [-0.39, 0.29) is 6.03 Å². The fourth-order valence-corrected chi connectivity index (χ4v) is 2.17. The van der Waals surface area contributed by atoms with E-state index in [1.807, 2.05) is 55.5 Å². The SMILES string of the molecule is CCOc1ccccc1NC(=O)NCCc1cccc(OC)c1. The van der Waals surface area contributed by atoms with Crippen LogP contribution in [-0.4, -0.2) is 26.3 Å². The fourth-order valence-electron chi connectivity index (χ4n) is 2.17. The zero-order valence-corrected chi connectivity index (χ0v) is 13.5. The Hall–Kier alpha value is -2.69. The van der Waals surface area contributed by atoms with Gasteiger partial charge in [0.15, 0.2) is 0 Å². The lowest BCUT2D eigenvalue weighted by molar-refractivity contribution is 0.252. The van der Waals surface area contributed by atoms with Crippen molar-refractivity contribution in [2.75, 3.05) is 25.6 Å². The van der Waals surface area contributed by atoms with E-state index in [0.29, 0.717) is 24.6 Å². The van der Waals surface area contributed by atoms with Gasteiger partial charge in [0, 0.05) is 6.54 Å². The number of amides is 2. The topological polar surface area (TPSA) is 59.6 Å². The molecular weight excluding hydrogens is 292 g/mol. The number of hydrogen-bond donors (Lipinski definition) is 2. The molecule has 0 saturated heterocycles. The molecule has 0 atom stereocenters. The molecule has 5 nitrogen and oxygen atoms in total. The number of benzene rings is 2. The molecule has 0 aromatic heterocycles. The average molecular weight is 314 g/mol. The summed E-state index contributed by atoms with van der Waals surface area (Å²) in [6.45, 7) is 3.00. The standard InChI is InChI=1S/C18H22N2O3/c1-3-23-17-10-5-4-9-16(17)20-18(21)19-12-11-14-7-6-8-15(13-14)22-2/h4-10,13H,3,11-12H2,1-2H3,(H2,19,20,21). The van der Waals surface area contributed by atoms with Gasteiger partial charge >= 0.3 is 6.03 Å². The Morgan fingerprint density at radius 1 is 1.13 bits per heavy atom. The largest absolute Gasteiger partial charge is 0.497 e. The van der Waals surface area contributed by atoms with Crippen molar-refractivity contribution in [3.05, 3.63) is 54.1 Å². The second-order valence-electron chi connectivity index (χ2n) is 4.91. The van der Waals surface area contributed by atoms with Crippen LogP contribution in [0.3, 0.4) is 0 Å². The highest BCUT2D eigenvalue weighted by Crippen LogP contribution is 2.23. The molecule has 0 unspecified atom stereocenters. The fraction of sp³-hybridized carbons (Fsp3) is 0.278. The van der Waals surface area contributed by atoms with Gasteiger partial charge in [0.1, 0.15) is 11.5 Å². The second-order valence-corrected chi connectivity index (χ2v) is 4.91. The van der Waals surface area contributed by atoms with Crippen LogP contribution < -0.4 is 20.1 Å². The van der Waals surface area contributed by atoms with Crippen molar-refractivity contribution < 1.29 is 14.3 Å². The molecule has 0 fully saturated rings. The number of hydrogen-bond acceptors (Lipinski definition) is 3. The van der Waals surface area contributed by atoms with Crippen molar-refractivity contribution in [1.82, 2.24) is 5.32 Å². The maximum atomic E-state index is 12.0. The van der Waals surface area contributed by atoms with E-state index in [1.54, 1.807) is 7.11 Å². The van der Waals surface area contributed by atoms with Crippen LogP contribution in [0, 0.1) is 0 Å². The Balaban J connectivity index is 1.83. The van der Waals surface area contributed by atoms with Gasteiger partial charge in [-0.1, -0.05) is 24.3 Å². The zero-order chi connectivity index (χ0) is 16.5. The van der Waals surface area contributed by atoms with Gasteiger partial charge in [0.25, 0.3) is 0 Å². The molecule has 0 aliphatic heterocycles. The molecule has 122 valence electrons. The van der Waals surface area contributed by atoms with Crippen molar-refractivity contribution in [1.29, 1.82) is 0 Å². The molecule has 2 amide bonds. The van der Waals surface area contributed by atoms with Crippen molar-refractivity contribution in [3.8, 4) is 11.5 Å². The van der Waals surface area contributed by atoms with E-state index in [9.17, 15) is 4.79 Å². The number of ether oxygens (including phenoxy) is 2. The normalized spacial score (nSPS) is 10.0. The third-order valence-corrected chi connectivity index (χ3v) is 3.27. The van der Waals surface area contributed by atoms with E-state index in [1.165, 1.54) is 0 Å². The van der Waals surface area contributed by atoms with E-state index in [0.717, 1.165) is 17.7 Å². The van der Waals surface area contributed by atoms with Crippen molar-refractivity contribution in [2.45, 2.75) is 13.3 Å². The van der Waals surface area contributed by atoms with Crippen LogP contribution in [0.4, 0.5) is 10.5 Å². The molecule has 0 aliphatic carbocycles. The summed E-state index contributed by atoms with van der Waals surface area (Å²) in [6.07, 6.45) is 0.734. The Kier molecular flexibility index (Phi) is 6.29. The third kappa shape index (κ3) is 5.21. The molecule has 0 saturated carbocycles. The van der Waals surface area contributed by atoms with E-state index in [2.05, 4.69) is 10.6 Å². The lowest BCUT2D eigenvalue weighted by Crippen LogP contribution is -2.30. The number of para-hydroxylation sites is 2. The van der Waals surface area contributed by atoms with Crippen molar-refractivity contribution in [2.24, 2.45) is 0 Å². The Bertz CT molecular complexity index is 644. The summed E-state index contributed by atoms with van der Waals surface area (Å²) in [7, 11) is 1.64. The minimum absolute atomic E-state index is 0.250. The number of rotatable bonds is 7. The lowest BCUT2D eigenvalue weighted by Gasteiger charge is -2.12. The molecule has 0 radical (unpaired) electrons. The predicted molar refractivity (Wildman–Crippen MR) is 91.3 cm³/mol. The predicted octanol–water partition coefficient (Wildman–Crippen LogP) is 3.46. The third-order valence-electron chi connectivity index (χ3n) is 3.27. The average Bonchev–Trinajstić information content (AvgIpc) is 2.57. The highest BCUT2D eigenvalue weighted by Gasteiger charge is 2.06. The Labute approximate surface area is 136 Å². The van der Waals surface area contributed by atoms with Gasteiger partial charge in [-0.15, -0.1) is 0 Å². The molecule has 2 rings (SSSR count). The van der Waals surface area contributed by atoms with Crippen LogP contribution >= 0.6 is 0 Å². The van der Waals surface area contributed by atoms with Gasteiger partial charge in [0.05, 0.1) is 19.4 Å². The Morgan fingerprint density at radius 2 is 1.96 bits per heavy atom. The van der Waals surface area contributed by atoms with Crippen molar-refractivity contribution in [3.63, 3.8) is 0 Å². The van der Waals surface area contributed by atoms with Gasteiger partial charge in [0.2, 0.25) is 0 Å². The number of urea groups is 1. The molecule has 0 bridgehead atoms. The number of carbonyl (C=O) groups is 1. The second kappa shape index (κ2) is 8.68. The zero-order valence-electron chi connectivity index (χ0n) is 13.5. The van der Waals surface area contributed by atoms with Crippen LogP contribution in [0.2, 0.25) is 0 Å². The summed E-state index contributed by atoms with van der Waals surface area (Å²) >= 11 is 0. The Morgan fingerprint density at radius 3 is 2.74 bits per heavy atom. The van der Waals surface area contributed by atoms with Crippen LogP contribution in [0.1, 0.15) is 12.5 Å². The summed E-state index contributed by atoms with van der Waals surface area (Å²) in [5, 5.41) is 5.64. The highest BCUT2D eigenvalue weighted by atomic mass is 16.5. The first kappa shape index (κ1) is 16.7. The van der Waals surface area contributed by atoms with Gasteiger partial charge in [-0.3, -0.25) is 0 Å². The number of carbonyl (C=O) groups excluding carboxylic acids is 1. The van der Waals surface area contributed by atoms with Gasteiger partial charge in [-0.2, -0.15) is 0 Å². The van der Waals surface area contributed by atoms with Crippen LogP contribution in [0.5, 0.6) is 11.5 Å². The first-order valence-corrected chi connectivity index (χ1v) is 7.62. The molecule has 2 aromatic rings. The molecule has 0 spiro atoms. The van der Waals surface area contributed by atoms with Crippen LogP contribution in [-0.2, 0) is 6.42 Å². The summed E-state index contributed by atoms with van der Waals surface area (Å²) in [5.74, 6) is 1.48. The molecule has 2 aromatic carbocycles. The van der Waals surface area contributed by atoms with E-state index < -0.39 is 0 Å².